The maximum Gasteiger partial charge on any atom is 0.118 e. The fourth-order valence-corrected chi connectivity index (χ4v) is 2.04. The molecule has 72 valence electrons. The molecule has 1 nitrogen and oxygen atoms in total. The first kappa shape index (κ1) is 10.6. The molecule has 0 amide bonds. The Morgan fingerprint density at radius 3 is 2.33 bits per heavy atom. The lowest BCUT2D eigenvalue weighted by atomic mass is 9.86. The summed E-state index contributed by atoms with van der Waals surface area (Å²) in [6.45, 7) is 6.80. The van der Waals surface area contributed by atoms with Gasteiger partial charge in [-0.05, 0) is 39.5 Å². The molecule has 1 atom stereocenters. The fraction of sp³-hybridized carbons (Fsp3) is 1.00. The van der Waals surface area contributed by atoms with Crippen LogP contribution >= 0.6 is 23.2 Å². The summed E-state index contributed by atoms with van der Waals surface area (Å²) in [6.07, 6.45) is 1.91. The van der Waals surface area contributed by atoms with E-state index in [-0.39, 0.29) is 5.60 Å². The summed E-state index contributed by atoms with van der Waals surface area (Å²) in [4.78, 5) is 0. The number of ether oxygens (including phenoxy) is 1. The normalized spacial score (nSPS) is 30.2. The van der Waals surface area contributed by atoms with Crippen LogP contribution in [0.1, 0.15) is 33.6 Å². The maximum atomic E-state index is 6.05. The Kier molecular flexibility index (Phi) is 2.97. The Morgan fingerprint density at radius 2 is 2.00 bits per heavy atom. The van der Waals surface area contributed by atoms with E-state index >= 15 is 0 Å². The molecule has 0 saturated carbocycles. The number of rotatable bonds is 1. The van der Waals surface area contributed by atoms with Gasteiger partial charge < -0.3 is 4.74 Å². The third-order valence-corrected chi connectivity index (χ3v) is 3.03. The Balaban J connectivity index is 2.58. The van der Waals surface area contributed by atoms with E-state index in [4.69, 9.17) is 27.9 Å². The van der Waals surface area contributed by atoms with E-state index in [1.165, 1.54) is 0 Å². The molecule has 0 aromatic rings. The molecule has 12 heavy (non-hydrogen) atoms. The van der Waals surface area contributed by atoms with Crippen LogP contribution in [0.3, 0.4) is 0 Å². The van der Waals surface area contributed by atoms with Crippen LogP contribution in [0.5, 0.6) is 0 Å². The Bertz CT molecular complexity index is 157. The highest BCUT2D eigenvalue weighted by Crippen LogP contribution is 2.41. The van der Waals surface area contributed by atoms with E-state index < -0.39 is 4.33 Å². The molecule has 1 unspecified atom stereocenters. The second-order valence-corrected chi connectivity index (χ2v) is 6.02. The highest BCUT2D eigenvalue weighted by atomic mass is 35.5. The third kappa shape index (κ3) is 2.79. The van der Waals surface area contributed by atoms with E-state index in [0.29, 0.717) is 5.92 Å². The summed E-state index contributed by atoms with van der Waals surface area (Å²) in [5.74, 6) is 0.351. The zero-order valence-corrected chi connectivity index (χ0v) is 9.37. The molecular formula is C9H16Cl2O. The van der Waals surface area contributed by atoms with Gasteiger partial charge in [0, 0.05) is 6.61 Å². The minimum absolute atomic E-state index is 0.0616. The Morgan fingerprint density at radius 1 is 1.42 bits per heavy atom. The Hall–Kier alpha value is 0.540. The lowest BCUT2D eigenvalue weighted by Gasteiger charge is -2.39. The van der Waals surface area contributed by atoms with Gasteiger partial charge in [-0.2, -0.15) is 0 Å². The van der Waals surface area contributed by atoms with Crippen LogP contribution in [0.25, 0.3) is 0 Å². The highest BCUT2D eigenvalue weighted by Gasteiger charge is 2.38. The van der Waals surface area contributed by atoms with Crippen LogP contribution in [-0.2, 0) is 4.74 Å². The Labute approximate surface area is 84.4 Å². The van der Waals surface area contributed by atoms with Gasteiger partial charge in [-0.15, -0.1) is 23.2 Å². The smallest absolute Gasteiger partial charge is 0.118 e. The summed E-state index contributed by atoms with van der Waals surface area (Å²) in [5.41, 5.74) is -0.0616. The van der Waals surface area contributed by atoms with Crippen molar-refractivity contribution in [3.63, 3.8) is 0 Å². The van der Waals surface area contributed by atoms with E-state index in [2.05, 4.69) is 13.8 Å². The average Bonchev–Trinajstić information content (AvgIpc) is 1.83. The van der Waals surface area contributed by atoms with Gasteiger partial charge in [0.25, 0.3) is 0 Å². The predicted octanol–water partition coefficient (Wildman–Crippen LogP) is 3.39. The molecule has 1 heterocycles. The quantitative estimate of drug-likeness (QED) is 0.604. The number of hydrogen-bond acceptors (Lipinski definition) is 1. The second-order valence-electron chi connectivity index (χ2n) is 4.25. The zero-order chi connectivity index (χ0) is 9.41. The summed E-state index contributed by atoms with van der Waals surface area (Å²) in [7, 11) is 0. The first-order valence-corrected chi connectivity index (χ1v) is 5.09. The molecule has 0 radical (unpaired) electrons. The maximum absolute atomic E-state index is 6.05. The molecule has 0 aromatic heterocycles. The van der Waals surface area contributed by atoms with Crippen molar-refractivity contribution in [3.8, 4) is 0 Å². The van der Waals surface area contributed by atoms with Crippen LogP contribution in [0.15, 0.2) is 0 Å². The zero-order valence-electron chi connectivity index (χ0n) is 7.86. The molecule has 0 bridgehead atoms. The summed E-state index contributed by atoms with van der Waals surface area (Å²) in [6, 6.07) is 0. The molecular weight excluding hydrogens is 195 g/mol. The van der Waals surface area contributed by atoms with Crippen molar-refractivity contribution in [2.45, 2.75) is 43.5 Å². The summed E-state index contributed by atoms with van der Waals surface area (Å²) >= 11 is 12.1. The van der Waals surface area contributed by atoms with Crippen molar-refractivity contribution in [2.75, 3.05) is 6.61 Å². The summed E-state index contributed by atoms with van der Waals surface area (Å²) < 4.78 is 4.96. The second kappa shape index (κ2) is 3.36. The van der Waals surface area contributed by atoms with Crippen molar-refractivity contribution in [1.82, 2.24) is 0 Å². The molecule has 0 aliphatic carbocycles. The van der Waals surface area contributed by atoms with Gasteiger partial charge in [-0.25, -0.2) is 0 Å². The molecule has 0 aromatic carbocycles. The topological polar surface area (TPSA) is 9.23 Å². The van der Waals surface area contributed by atoms with E-state index in [1.54, 1.807) is 0 Å². The molecule has 3 heteroatoms. The van der Waals surface area contributed by atoms with Crippen LogP contribution in [-0.4, -0.2) is 16.5 Å². The van der Waals surface area contributed by atoms with Gasteiger partial charge in [-0.1, -0.05) is 0 Å². The highest BCUT2D eigenvalue weighted by molar-refractivity contribution is 6.48. The largest absolute Gasteiger partial charge is 0.376 e. The standard InChI is InChI=1S/C9H16Cl2O/c1-8(2)6-7(4-5-12-8)9(3,10)11/h7H,4-6H2,1-3H3. The predicted molar refractivity (Wildman–Crippen MR) is 52.9 cm³/mol. The number of halogens is 2. The SMILES string of the molecule is CC1(C)CC(C(C)(Cl)Cl)CCO1. The molecule has 1 aliphatic rings. The molecule has 1 saturated heterocycles. The van der Waals surface area contributed by atoms with Crippen LogP contribution in [0.4, 0.5) is 0 Å². The number of hydrogen-bond donors (Lipinski definition) is 0. The van der Waals surface area contributed by atoms with Gasteiger partial charge in [0.15, 0.2) is 0 Å². The molecule has 0 spiro atoms. The van der Waals surface area contributed by atoms with Crippen molar-refractivity contribution in [1.29, 1.82) is 0 Å². The lowest BCUT2D eigenvalue weighted by molar-refractivity contribution is -0.0741. The first-order chi connectivity index (χ1) is 5.31. The van der Waals surface area contributed by atoms with Crippen molar-refractivity contribution >= 4 is 23.2 Å². The fourth-order valence-electron chi connectivity index (χ4n) is 1.66. The lowest BCUT2D eigenvalue weighted by Crippen LogP contribution is -2.39. The minimum atomic E-state index is -0.610. The van der Waals surface area contributed by atoms with Gasteiger partial charge >= 0.3 is 0 Å². The third-order valence-electron chi connectivity index (χ3n) is 2.41. The van der Waals surface area contributed by atoms with Crippen LogP contribution in [0, 0.1) is 5.92 Å². The molecule has 0 N–H and O–H groups in total. The molecule has 1 aliphatic heterocycles. The van der Waals surface area contributed by atoms with Gasteiger partial charge in [-0.3, -0.25) is 0 Å². The summed E-state index contributed by atoms with van der Waals surface area (Å²) in [5, 5.41) is 0. The van der Waals surface area contributed by atoms with Gasteiger partial charge in [0.1, 0.15) is 4.33 Å². The van der Waals surface area contributed by atoms with Crippen LogP contribution < -0.4 is 0 Å². The van der Waals surface area contributed by atoms with Crippen molar-refractivity contribution < 1.29 is 4.74 Å². The van der Waals surface area contributed by atoms with Crippen molar-refractivity contribution in [3.05, 3.63) is 0 Å². The van der Waals surface area contributed by atoms with Crippen LogP contribution in [0.2, 0.25) is 0 Å². The number of alkyl halides is 2. The first-order valence-electron chi connectivity index (χ1n) is 4.33. The van der Waals surface area contributed by atoms with Gasteiger partial charge in [0.05, 0.1) is 5.60 Å². The minimum Gasteiger partial charge on any atom is -0.376 e. The molecule has 1 rings (SSSR count). The van der Waals surface area contributed by atoms with E-state index in [9.17, 15) is 0 Å². The van der Waals surface area contributed by atoms with E-state index in [1.807, 2.05) is 6.92 Å². The van der Waals surface area contributed by atoms with E-state index in [0.717, 1.165) is 19.4 Å². The van der Waals surface area contributed by atoms with Crippen molar-refractivity contribution in [2.24, 2.45) is 5.92 Å². The van der Waals surface area contributed by atoms with Gasteiger partial charge in [0.2, 0.25) is 0 Å². The molecule has 1 fully saturated rings. The average molecular weight is 211 g/mol. The monoisotopic (exact) mass is 210 g/mol.